The third-order valence-corrected chi connectivity index (χ3v) is 4.77. The quantitative estimate of drug-likeness (QED) is 0.884. The lowest BCUT2D eigenvalue weighted by molar-refractivity contribution is -0.275. The van der Waals surface area contributed by atoms with Crippen molar-refractivity contribution in [1.29, 1.82) is 0 Å². The van der Waals surface area contributed by atoms with Crippen LogP contribution in [0.4, 0.5) is 13.2 Å². The predicted molar refractivity (Wildman–Crippen MR) is 69.1 cm³/mol. The van der Waals surface area contributed by atoms with Crippen molar-refractivity contribution in [2.24, 2.45) is 5.73 Å². The van der Waals surface area contributed by atoms with Gasteiger partial charge in [-0.05, 0) is 25.0 Å². The van der Waals surface area contributed by atoms with Crippen LogP contribution >= 0.6 is 0 Å². The normalized spacial score (nSPS) is 23.2. The molecule has 1 aromatic carbocycles. The summed E-state index contributed by atoms with van der Waals surface area (Å²) in [6, 6.07) is 3.79. The van der Waals surface area contributed by atoms with E-state index < -0.39 is 33.1 Å². The molecule has 1 saturated carbocycles. The van der Waals surface area contributed by atoms with Gasteiger partial charge < -0.3 is 10.5 Å². The van der Waals surface area contributed by atoms with Gasteiger partial charge in [0.25, 0.3) is 0 Å². The number of nitrogens with one attached hydrogen (secondary N) is 1. The summed E-state index contributed by atoms with van der Waals surface area (Å²) in [7, 11) is -4.13. The number of halogens is 3. The summed E-state index contributed by atoms with van der Waals surface area (Å²) < 4.78 is 67.5. The van der Waals surface area contributed by atoms with E-state index >= 15 is 0 Å². The molecule has 0 radical (unpaired) electrons. The first kappa shape index (κ1) is 16.1. The molecular formula is C12H15F3N2O3S. The number of rotatable bonds is 4. The second-order valence-electron chi connectivity index (χ2n) is 4.82. The lowest BCUT2D eigenvalue weighted by Gasteiger charge is -2.19. The van der Waals surface area contributed by atoms with Gasteiger partial charge in [0.15, 0.2) is 0 Å². The Bertz CT molecular complexity index is 604. The van der Waals surface area contributed by atoms with Crippen molar-refractivity contribution < 1.29 is 26.3 Å². The van der Waals surface area contributed by atoms with Gasteiger partial charge in [0, 0.05) is 12.1 Å². The first-order valence-corrected chi connectivity index (χ1v) is 7.80. The monoisotopic (exact) mass is 324 g/mol. The summed E-state index contributed by atoms with van der Waals surface area (Å²) in [4.78, 5) is -0.554. The van der Waals surface area contributed by atoms with E-state index in [-0.39, 0.29) is 6.04 Å². The van der Waals surface area contributed by atoms with Crippen LogP contribution in [-0.4, -0.2) is 26.9 Å². The highest BCUT2D eigenvalue weighted by atomic mass is 32.2. The molecular weight excluding hydrogens is 309 g/mol. The Labute approximate surface area is 120 Å². The van der Waals surface area contributed by atoms with Crippen molar-refractivity contribution in [3.63, 3.8) is 0 Å². The number of alkyl halides is 3. The summed E-state index contributed by atoms with van der Waals surface area (Å²) in [6.45, 7) is 0. The van der Waals surface area contributed by atoms with Gasteiger partial charge in [-0.2, -0.15) is 0 Å². The third-order valence-electron chi connectivity index (χ3n) is 3.24. The molecule has 2 unspecified atom stereocenters. The second kappa shape index (κ2) is 5.82. The molecule has 0 heterocycles. The minimum absolute atomic E-state index is 0.338. The SMILES string of the molecule is NC1CCCC1NS(=O)(=O)c1ccccc1OC(F)(F)F. The van der Waals surface area contributed by atoms with Crippen LogP contribution in [0, 0.1) is 0 Å². The van der Waals surface area contributed by atoms with Gasteiger partial charge in [0.2, 0.25) is 10.0 Å². The number of sulfonamides is 1. The Morgan fingerprint density at radius 1 is 1.24 bits per heavy atom. The molecule has 0 amide bonds. The van der Waals surface area contributed by atoms with E-state index in [2.05, 4.69) is 9.46 Å². The van der Waals surface area contributed by atoms with E-state index in [1.165, 1.54) is 12.1 Å². The zero-order chi connectivity index (χ0) is 15.7. The number of hydrogen-bond donors (Lipinski definition) is 2. The van der Waals surface area contributed by atoms with E-state index in [0.29, 0.717) is 12.8 Å². The summed E-state index contributed by atoms with van der Waals surface area (Å²) in [6.07, 6.45) is -2.96. The number of nitrogens with two attached hydrogens (primary N) is 1. The average molecular weight is 324 g/mol. The van der Waals surface area contributed by atoms with Crippen molar-refractivity contribution in [1.82, 2.24) is 4.72 Å². The van der Waals surface area contributed by atoms with Gasteiger partial charge in [0.05, 0.1) is 0 Å². The molecule has 3 N–H and O–H groups in total. The zero-order valence-corrected chi connectivity index (χ0v) is 11.7. The fourth-order valence-corrected chi connectivity index (χ4v) is 3.73. The summed E-state index contributed by atoms with van der Waals surface area (Å²) in [5, 5.41) is 0. The molecule has 9 heteroatoms. The molecule has 1 aliphatic carbocycles. The smallest absolute Gasteiger partial charge is 0.404 e. The molecule has 0 aromatic heterocycles. The summed E-state index contributed by atoms with van der Waals surface area (Å²) >= 11 is 0. The van der Waals surface area contributed by atoms with Gasteiger partial charge in [0.1, 0.15) is 10.6 Å². The molecule has 0 saturated heterocycles. The van der Waals surface area contributed by atoms with Crippen molar-refractivity contribution in [3.05, 3.63) is 24.3 Å². The average Bonchev–Trinajstić information content (AvgIpc) is 2.73. The number of hydrogen-bond acceptors (Lipinski definition) is 4. The van der Waals surface area contributed by atoms with Gasteiger partial charge in [-0.25, -0.2) is 13.1 Å². The van der Waals surface area contributed by atoms with Crippen LogP contribution in [-0.2, 0) is 10.0 Å². The van der Waals surface area contributed by atoms with Crippen LogP contribution in [0.15, 0.2) is 29.2 Å². The highest BCUT2D eigenvalue weighted by Crippen LogP contribution is 2.30. The van der Waals surface area contributed by atoms with Crippen LogP contribution in [0.25, 0.3) is 0 Å². The minimum atomic E-state index is -4.96. The molecule has 2 rings (SSSR count). The van der Waals surface area contributed by atoms with Crippen LogP contribution in [0.2, 0.25) is 0 Å². The van der Waals surface area contributed by atoms with Gasteiger partial charge in [-0.3, -0.25) is 0 Å². The molecule has 5 nitrogen and oxygen atoms in total. The first-order chi connectivity index (χ1) is 9.69. The van der Waals surface area contributed by atoms with Gasteiger partial charge in [-0.1, -0.05) is 18.6 Å². The fourth-order valence-electron chi connectivity index (χ4n) is 2.28. The number of para-hydroxylation sites is 1. The Morgan fingerprint density at radius 3 is 2.48 bits per heavy atom. The van der Waals surface area contributed by atoms with Crippen LogP contribution in [0.1, 0.15) is 19.3 Å². The van der Waals surface area contributed by atoms with Crippen molar-refractivity contribution in [2.75, 3.05) is 0 Å². The van der Waals surface area contributed by atoms with Gasteiger partial charge >= 0.3 is 6.36 Å². The number of ether oxygens (including phenoxy) is 1. The number of benzene rings is 1. The van der Waals surface area contributed by atoms with E-state index in [0.717, 1.165) is 18.6 Å². The molecule has 1 aromatic rings. The lowest BCUT2D eigenvalue weighted by atomic mass is 10.2. The Kier molecular flexibility index (Phi) is 4.45. The molecule has 2 atom stereocenters. The molecule has 1 fully saturated rings. The zero-order valence-electron chi connectivity index (χ0n) is 10.9. The molecule has 0 bridgehead atoms. The maximum Gasteiger partial charge on any atom is 0.573 e. The van der Waals surface area contributed by atoms with Crippen molar-refractivity contribution >= 4 is 10.0 Å². The van der Waals surface area contributed by atoms with E-state index in [1.54, 1.807) is 0 Å². The standard InChI is InChI=1S/C12H15F3N2O3S/c13-12(14,15)20-10-6-1-2-7-11(10)21(18,19)17-9-5-3-4-8(9)16/h1-2,6-9,17H,3-5,16H2. The summed E-state index contributed by atoms with van der Waals surface area (Å²) in [5.41, 5.74) is 5.77. The maximum absolute atomic E-state index is 12.3. The lowest BCUT2D eigenvalue weighted by Crippen LogP contribution is -2.44. The largest absolute Gasteiger partial charge is 0.573 e. The predicted octanol–water partition coefficient (Wildman–Crippen LogP) is 1.74. The molecule has 0 spiro atoms. The fraction of sp³-hybridized carbons (Fsp3) is 0.500. The molecule has 21 heavy (non-hydrogen) atoms. The topological polar surface area (TPSA) is 81.4 Å². The second-order valence-corrected chi connectivity index (χ2v) is 6.50. The van der Waals surface area contributed by atoms with Gasteiger partial charge in [-0.15, -0.1) is 13.2 Å². The Balaban J connectivity index is 2.27. The first-order valence-electron chi connectivity index (χ1n) is 6.32. The van der Waals surface area contributed by atoms with Crippen LogP contribution in [0.3, 0.4) is 0 Å². The maximum atomic E-state index is 12.3. The van der Waals surface area contributed by atoms with E-state index in [9.17, 15) is 21.6 Å². The molecule has 0 aliphatic heterocycles. The molecule has 1 aliphatic rings. The van der Waals surface area contributed by atoms with E-state index in [1.807, 2.05) is 0 Å². The van der Waals surface area contributed by atoms with Crippen LogP contribution < -0.4 is 15.2 Å². The Hall–Kier alpha value is -1.32. The third kappa shape index (κ3) is 4.08. The van der Waals surface area contributed by atoms with Crippen LogP contribution in [0.5, 0.6) is 5.75 Å². The molecule has 118 valence electrons. The highest BCUT2D eigenvalue weighted by molar-refractivity contribution is 7.89. The highest BCUT2D eigenvalue weighted by Gasteiger charge is 2.35. The Morgan fingerprint density at radius 2 is 1.90 bits per heavy atom. The van der Waals surface area contributed by atoms with Crippen molar-refractivity contribution in [2.45, 2.75) is 42.6 Å². The van der Waals surface area contributed by atoms with Crippen molar-refractivity contribution in [3.8, 4) is 5.75 Å². The minimum Gasteiger partial charge on any atom is -0.404 e. The summed E-state index contributed by atoms with van der Waals surface area (Å²) in [5.74, 6) is -0.760. The van der Waals surface area contributed by atoms with E-state index in [4.69, 9.17) is 5.73 Å².